The van der Waals surface area contributed by atoms with Crippen LogP contribution in [0, 0.1) is 0 Å². The number of nitrogens with zero attached hydrogens (tertiary/aromatic N) is 3. The lowest BCUT2D eigenvalue weighted by Gasteiger charge is -2.27. The van der Waals surface area contributed by atoms with E-state index in [0.717, 1.165) is 4.88 Å². The first-order chi connectivity index (χ1) is 12.7. The second-order valence-electron chi connectivity index (χ2n) is 5.89. The van der Waals surface area contributed by atoms with Crippen LogP contribution < -0.4 is 5.01 Å². The summed E-state index contributed by atoms with van der Waals surface area (Å²) in [5.41, 5.74) is 1.07. The van der Waals surface area contributed by atoms with Gasteiger partial charge in [-0.25, -0.2) is 5.01 Å². The minimum Gasteiger partial charge on any atom is -0.383 e. The van der Waals surface area contributed by atoms with Crippen molar-refractivity contribution >= 4 is 34.6 Å². The first kappa shape index (κ1) is 18.3. The number of amides is 2. The van der Waals surface area contributed by atoms with Gasteiger partial charge in [0.1, 0.15) is 5.71 Å². The molecule has 1 aliphatic rings. The Morgan fingerprint density at radius 3 is 2.73 bits per heavy atom. The van der Waals surface area contributed by atoms with Crippen LogP contribution >= 0.6 is 11.3 Å². The smallest absolute Gasteiger partial charge is 0.270 e. The van der Waals surface area contributed by atoms with Gasteiger partial charge in [0.15, 0.2) is 0 Å². The van der Waals surface area contributed by atoms with Crippen LogP contribution in [0.15, 0.2) is 52.9 Å². The predicted octanol–water partition coefficient (Wildman–Crippen LogP) is 2.91. The van der Waals surface area contributed by atoms with Crippen LogP contribution in [0.4, 0.5) is 5.69 Å². The van der Waals surface area contributed by atoms with Crippen molar-refractivity contribution in [1.29, 1.82) is 0 Å². The minimum absolute atomic E-state index is 0.102. The molecule has 0 saturated carbocycles. The topological polar surface area (TPSA) is 62.2 Å². The van der Waals surface area contributed by atoms with Gasteiger partial charge in [-0.05, 0) is 23.6 Å². The molecule has 0 aliphatic carbocycles. The van der Waals surface area contributed by atoms with E-state index >= 15 is 0 Å². The summed E-state index contributed by atoms with van der Waals surface area (Å²) in [4.78, 5) is 28.1. The fraction of sp³-hybridized carbons (Fsp3) is 0.316. The Balaban J connectivity index is 1.81. The number of rotatable bonds is 7. The number of carbonyl (C=O) groups excluding carboxylic acids is 2. The van der Waals surface area contributed by atoms with Gasteiger partial charge in [-0.3, -0.25) is 9.59 Å². The van der Waals surface area contributed by atoms with E-state index in [1.54, 1.807) is 23.3 Å². The maximum absolute atomic E-state index is 13.0. The number of anilines is 1. The summed E-state index contributed by atoms with van der Waals surface area (Å²) in [5, 5.41) is 7.68. The highest BCUT2D eigenvalue weighted by Crippen LogP contribution is 2.21. The number of para-hydroxylation sites is 1. The minimum atomic E-state index is -0.149. The van der Waals surface area contributed by atoms with Crippen molar-refractivity contribution in [3.05, 3.63) is 52.7 Å². The van der Waals surface area contributed by atoms with E-state index in [9.17, 15) is 9.59 Å². The molecule has 2 heterocycles. The Kier molecular flexibility index (Phi) is 6.14. The van der Waals surface area contributed by atoms with Gasteiger partial charge < -0.3 is 9.64 Å². The van der Waals surface area contributed by atoms with Gasteiger partial charge >= 0.3 is 0 Å². The van der Waals surface area contributed by atoms with E-state index in [1.165, 1.54) is 5.01 Å². The van der Waals surface area contributed by atoms with Crippen LogP contribution in [-0.2, 0) is 20.9 Å². The molecule has 1 aromatic heterocycles. The van der Waals surface area contributed by atoms with Crippen LogP contribution in [0.3, 0.4) is 0 Å². The Hall–Kier alpha value is -2.51. The standard InChI is InChI=1S/C19H21N3O3S/c1-25-12-11-21(14-16-8-5-13-26-16)19(24)17-9-10-18(23)22(20-17)15-6-3-2-4-7-15/h2-8,13H,9-12,14H2,1H3. The summed E-state index contributed by atoms with van der Waals surface area (Å²) in [6.45, 7) is 1.44. The van der Waals surface area contributed by atoms with E-state index in [1.807, 2.05) is 47.8 Å². The molecule has 136 valence electrons. The number of methoxy groups -OCH3 is 1. The zero-order valence-electron chi connectivity index (χ0n) is 14.6. The van der Waals surface area contributed by atoms with Crippen LogP contribution in [-0.4, -0.2) is 42.7 Å². The summed E-state index contributed by atoms with van der Waals surface area (Å²) >= 11 is 1.61. The van der Waals surface area contributed by atoms with Gasteiger partial charge in [-0.2, -0.15) is 5.10 Å². The average molecular weight is 371 g/mol. The molecule has 1 aromatic carbocycles. The predicted molar refractivity (Wildman–Crippen MR) is 102 cm³/mol. The lowest BCUT2D eigenvalue weighted by molar-refractivity contribution is -0.125. The van der Waals surface area contributed by atoms with Gasteiger partial charge in [0.05, 0.1) is 18.8 Å². The van der Waals surface area contributed by atoms with Crippen molar-refractivity contribution < 1.29 is 14.3 Å². The molecule has 1 aliphatic heterocycles. The number of hydrazone groups is 1. The van der Waals surface area contributed by atoms with Crippen molar-refractivity contribution in [2.75, 3.05) is 25.3 Å². The second-order valence-corrected chi connectivity index (χ2v) is 6.92. The van der Waals surface area contributed by atoms with E-state index in [-0.39, 0.29) is 18.2 Å². The van der Waals surface area contributed by atoms with Crippen molar-refractivity contribution in [3.8, 4) is 0 Å². The highest BCUT2D eigenvalue weighted by molar-refractivity contribution is 7.09. The summed E-state index contributed by atoms with van der Waals surface area (Å²) in [6.07, 6.45) is 0.630. The molecule has 3 rings (SSSR count). The Morgan fingerprint density at radius 2 is 2.04 bits per heavy atom. The van der Waals surface area contributed by atoms with Crippen LogP contribution in [0.5, 0.6) is 0 Å². The number of ether oxygens (including phenoxy) is 1. The monoisotopic (exact) mass is 371 g/mol. The Labute approximate surface area is 156 Å². The molecule has 0 unspecified atom stereocenters. The third-order valence-corrected chi connectivity index (χ3v) is 4.92. The summed E-state index contributed by atoms with van der Waals surface area (Å²) in [7, 11) is 1.61. The molecule has 0 bridgehead atoms. The fourth-order valence-corrected chi connectivity index (χ4v) is 3.42. The first-order valence-corrected chi connectivity index (χ1v) is 9.33. The first-order valence-electron chi connectivity index (χ1n) is 8.45. The lowest BCUT2D eigenvalue weighted by Crippen LogP contribution is -2.42. The third kappa shape index (κ3) is 4.36. The van der Waals surface area contributed by atoms with Gasteiger partial charge in [0, 0.05) is 31.4 Å². The molecule has 6 nitrogen and oxygen atoms in total. The molecule has 0 radical (unpaired) electrons. The third-order valence-electron chi connectivity index (χ3n) is 4.06. The van der Waals surface area contributed by atoms with E-state index in [4.69, 9.17) is 4.74 Å². The highest BCUT2D eigenvalue weighted by Gasteiger charge is 2.28. The quantitative estimate of drug-likeness (QED) is 0.752. The number of benzene rings is 1. The molecule has 0 N–H and O–H groups in total. The second kappa shape index (κ2) is 8.73. The molecule has 0 spiro atoms. The van der Waals surface area contributed by atoms with E-state index in [2.05, 4.69) is 5.10 Å². The van der Waals surface area contributed by atoms with Gasteiger partial charge in [-0.1, -0.05) is 24.3 Å². The molecule has 0 saturated heterocycles. The van der Waals surface area contributed by atoms with Crippen molar-refractivity contribution in [2.24, 2.45) is 5.10 Å². The maximum atomic E-state index is 13.0. The van der Waals surface area contributed by atoms with E-state index < -0.39 is 0 Å². The Morgan fingerprint density at radius 1 is 1.23 bits per heavy atom. The molecular formula is C19H21N3O3S. The molecule has 7 heteroatoms. The molecule has 0 atom stereocenters. The molecule has 2 amide bonds. The van der Waals surface area contributed by atoms with Gasteiger partial charge in [0.25, 0.3) is 5.91 Å². The van der Waals surface area contributed by atoms with Crippen LogP contribution in [0.2, 0.25) is 0 Å². The van der Waals surface area contributed by atoms with E-state index in [0.29, 0.717) is 37.5 Å². The normalized spacial score (nSPS) is 14.3. The summed E-state index contributed by atoms with van der Waals surface area (Å²) in [6, 6.07) is 13.1. The zero-order chi connectivity index (χ0) is 18.4. The molecular weight excluding hydrogens is 350 g/mol. The van der Waals surface area contributed by atoms with Crippen LogP contribution in [0.25, 0.3) is 0 Å². The SMILES string of the molecule is COCCN(Cc1cccs1)C(=O)C1=NN(c2ccccc2)C(=O)CC1. The fourth-order valence-electron chi connectivity index (χ4n) is 2.71. The number of thiophene rings is 1. The number of hydrogen-bond acceptors (Lipinski definition) is 5. The lowest BCUT2D eigenvalue weighted by atomic mass is 10.1. The number of carbonyl (C=O) groups is 2. The maximum Gasteiger partial charge on any atom is 0.270 e. The zero-order valence-corrected chi connectivity index (χ0v) is 15.4. The van der Waals surface area contributed by atoms with Crippen molar-refractivity contribution in [1.82, 2.24) is 4.90 Å². The Bertz CT molecular complexity index is 775. The summed E-state index contributed by atoms with van der Waals surface area (Å²) < 4.78 is 5.14. The van der Waals surface area contributed by atoms with Gasteiger partial charge in [0.2, 0.25) is 5.91 Å². The highest BCUT2D eigenvalue weighted by atomic mass is 32.1. The molecule has 0 fully saturated rings. The van der Waals surface area contributed by atoms with Crippen molar-refractivity contribution in [3.63, 3.8) is 0 Å². The molecule has 26 heavy (non-hydrogen) atoms. The largest absolute Gasteiger partial charge is 0.383 e. The average Bonchev–Trinajstić information content (AvgIpc) is 3.19. The number of hydrogen-bond donors (Lipinski definition) is 0. The van der Waals surface area contributed by atoms with Gasteiger partial charge in [-0.15, -0.1) is 11.3 Å². The summed E-state index contributed by atoms with van der Waals surface area (Å²) in [5.74, 6) is -0.252. The van der Waals surface area contributed by atoms with Crippen molar-refractivity contribution in [2.45, 2.75) is 19.4 Å². The molecule has 2 aromatic rings. The van der Waals surface area contributed by atoms with Crippen LogP contribution in [0.1, 0.15) is 17.7 Å².